The predicted octanol–water partition coefficient (Wildman–Crippen LogP) is 0.848. The van der Waals surface area contributed by atoms with E-state index in [9.17, 15) is 14.9 Å². The SMILES string of the molecule is N#CCNC(=O)c1ccc([N+](=O)[O-])cc1. The molecule has 15 heavy (non-hydrogen) atoms. The van der Waals surface area contributed by atoms with Crippen molar-refractivity contribution in [2.45, 2.75) is 0 Å². The summed E-state index contributed by atoms with van der Waals surface area (Å²) in [7, 11) is 0. The minimum absolute atomic E-state index is 0.0770. The van der Waals surface area contributed by atoms with Gasteiger partial charge >= 0.3 is 0 Å². The number of carbonyl (C=O) groups is 1. The molecular weight excluding hydrogens is 198 g/mol. The molecule has 1 aromatic carbocycles. The predicted molar refractivity (Wildman–Crippen MR) is 51.0 cm³/mol. The Bertz CT molecular complexity index is 419. The van der Waals surface area contributed by atoms with E-state index in [4.69, 9.17) is 5.26 Å². The molecule has 6 heteroatoms. The average molecular weight is 205 g/mol. The Hall–Kier alpha value is -2.42. The zero-order valence-electron chi connectivity index (χ0n) is 7.64. The lowest BCUT2D eigenvalue weighted by molar-refractivity contribution is -0.384. The molecule has 0 aliphatic carbocycles. The maximum Gasteiger partial charge on any atom is 0.269 e. The summed E-state index contributed by atoms with van der Waals surface area (Å²) in [5.74, 6) is -0.425. The molecule has 0 unspecified atom stereocenters. The molecule has 1 N–H and O–H groups in total. The van der Waals surface area contributed by atoms with E-state index in [0.29, 0.717) is 0 Å². The molecule has 1 amide bonds. The monoisotopic (exact) mass is 205 g/mol. The van der Waals surface area contributed by atoms with Crippen LogP contribution < -0.4 is 5.32 Å². The molecule has 0 heterocycles. The topological polar surface area (TPSA) is 96.0 Å². The third kappa shape index (κ3) is 2.77. The number of carbonyl (C=O) groups excluding carboxylic acids is 1. The van der Waals surface area contributed by atoms with Crippen molar-refractivity contribution in [1.82, 2.24) is 5.32 Å². The van der Waals surface area contributed by atoms with E-state index in [2.05, 4.69) is 5.32 Å². The third-order valence-corrected chi connectivity index (χ3v) is 1.67. The number of non-ortho nitro benzene ring substituents is 1. The number of rotatable bonds is 3. The number of nitro groups is 1. The lowest BCUT2D eigenvalue weighted by atomic mass is 10.2. The summed E-state index contributed by atoms with van der Waals surface area (Å²) in [6.45, 7) is -0.0875. The summed E-state index contributed by atoms with van der Waals surface area (Å²) >= 11 is 0. The molecule has 0 spiro atoms. The highest BCUT2D eigenvalue weighted by Crippen LogP contribution is 2.11. The van der Waals surface area contributed by atoms with E-state index in [1.54, 1.807) is 6.07 Å². The van der Waals surface area contributed by atoms with Gasteiger partial charge in [-0.15, -0.1) is 0 Å². The molecular formula is C9H7N3O3. The Morgan fingerprint density at radius 2 is 2.07 bits per heavy atom. The number of amides is 1. The van der Waals surface area contributed by atoms with Gasteiger partial charge in [-0.1, -0.05) is 0 Å². The van der Waals surface area contributed by atoms with Crippen LogP contribution in [0, 0.1) is 21.4 Å². The molecule has 0 aliphatic heterocycles. The van der Waals surface area contributed by atoms with Gasteiger partial charge in [0.2, 0.25) is 0 Å². The van der Waals surface area contributed by atoms with Crippen LogP contribution >= 0.6 is 0 Å². The van der Waals surface area contributed by atoms with Gasteiger partial charge in [-0.2, -0.15) is 5.26 Å². The molecule has 0 fully saturated rings. The first-order valence-corrected chi connectivity index (χ1v) is 4.04. The number of nitrogens with one attached hydrogen (secondary N) is 1. The highest BCUT2D eigenvalue weighted by molar-refractivity contribution is 5.94. The van der Waals surface area contributed by atoms with Crippen LogP contribution in [0.3, 0.4) is 0 Å². The van der Waals surface area contributed by atoms with E-state index >= 15 is 0 Å². The first kappa shape index (κ1) is 10.7. The first-order valence-electron chi connectivity index (χ1n) is 4.04. The van der Waals surface area contributed by atoms with Crippen molar-refractivity contribution in [2.75, 3.05) is 6.54 Å². The van der Waals surface area contributed by atoms with Gasteiger partial charge in [0.25, 0.3) is 11.6 Å². The standard InChI is InChI=1S/C9H7N3O3/c10-5-6-11-9(13)7-1-3-8(4-2-7)12(14)15/h1-4H,6H2,(H,11,13). The Balaban J connectivity index is 2.76. The van der Waals surface area contributed by atoms with E-state index < -0.39 is 10.8 Å². The van der Waals surface area contributed by atoms with Crippen molar-refractivity contribution in [3.63, 3.8) is 0 Å². The van der Waals surface area contributed by atoms with Crippen molar-refractivity contribution in [3.05, 3.63) is 39.9 Å². The van der Waals surface area contributed by atoms with Crippen LogP contribution in [0.15, 0.2) is 24.3 Å². The molecule has 0 saturated heterocycles. The lowest BCUT2D eigenvalue weighted by Crippen LogP contribution is -2.23. The molecule has 0 aromatic heterocycles. The second-order valence-electron chi connectivity index (χ2n) is 2.64. The largest absolute Gasteiger partial charge is 0.339 e. The van der Waals surface area contributed by atoms with Crippen molar-refractivity contribution in [1.29, 1.82) is 5.26 Å². The average Bonchev–Trinajstić information content (AvgIpc) is 2.26. The van der Waals surface area contributed by atoms with E-state index in [1.807, 2.05) is 0 Å². The summed E-state index contributed by atoms with van der Waals surface area (Å²) in [5, 5.41) is 20.9. The van der Waals surface area contributed by atoms with Crippen LogP contribution in [0.25, 0.3) is 0 Å². The maximum absolute atomic E-state index is 11.3. The lowest BCUT2D eigenvalue weighted by Gasteiger charge is -1.99. The summed E-state index contributed by atoms with van der Waals surface area (Å²) in [6, 6.07) is 6.91. The van der Waals surface area contributed by atoms with Gasteiger partial charge in [0.15, 0.2) is 0 Å². The summed E-state index contributed by atoms with van der Waals surface area (Å²) in [6.07, 6.45) is 0. The number of hydrogen-bond acceptors (Lipinski definition) is 4. The minimum atomic E-state index is -0.545. The third-order valence-electron chi connectivity index (χ3n) is 1.67. The molecule has 6 nitrogen and oxygen atoms in total. The zero-order valence-corrected chi connectivity index (χ0v) is 7.64. The fourth-order valence-corrected chi connectivity index (χ4v) is 0.956. The normalized spacial score (nSPS) is 9.00. The molecule has 0 bridgehead atoms. The fourth-order valence-electron chi connectivity index (χ4n) is 0.956. The smallest absolute Gasteiger partial charge is 0.269 e. The fraction of sp³-hybridized carbons (Fsp3) is 0.111. The van der Waals surface area contributed by atoms with Crippen LogP contribution in [0.2, 0.25) is 0 Å². The van der Waals surface area contributed by atoms with Crippen molar-refractivity contribution < 1.29 is 9.72 Å². The van der Waals surface area contributed by atoms with Gasteiger partial charge < -0.3 is 5.32 Å². The maximum atomic E-state index is 11.3. The molecule has 76 valence electrons. The Kier molecular flexibility index (Phi) is 3.35. The van der Waals surface area contributed by atoms with Crippen LogP contribution in [0.1, 0.15) is 10.4 Å². The van der Waals surface area contributed by atoms with E-state index in [1.165, 1.54) is 24.3 Å². The highest BCUT2D eigenvalue weighted by atomic mass is 16.6. The van der Waals surface area contributed by atoms with Gasteiger partial charge in [-0.25, -0.2) is 0 Å². The highest BCUT2D eigenvalue weighted by Gasteiger charge is 2.08. The zero-order chi connectivity index (χ0) is 11.3. The van der Waals surface area contributed by atoms with Crippen molar-refractivity contribution >= 4 is 11.6 Å². The minimum Gasteiger partial charge on any atom is -0.339 e. The number of nitrogens with zero attached hydrogens (tertiary/aromatic N) is 2. The van der Waals surface area contributed by atoms with Gasteiger partial charge in [-0.05, 0) is 12.1 Å². The van der Waals surface area contributed by atoms with Gasteiger partial charge in [0.1, 0.15) is 6.54 Å². The Labute approximate surface area is 85.3 Å². The molecule has 1 aromatic rings. The summed E-state index contributed by atoms with van der Waals surface area (Å²) in [5.41, 5.74) is 0.211. The van der Waals surface area contributed by atoms with E-state index in [0.717, 1.165) is 0 Å². The molecule has 0 aliphatic rings. The summed E-state index contributed by atoms with van der Waals surface area (Å²) in [4.78, 5) is 21.0. The van der Waals surface area contributed by atoms with Crippen LogP contribution in [0.5, 0.6) is 0 Å². The van der Waals surface area contributed by atoms with Crippen LogP contribution in [0.4, 0.5) is 5.69 Å². The number of nitro benzene ring substituents is 1. The second kappa shape index (κ2) is 4.72. The number of benzene rings is 1. The van der Waals surface area contributed by atoms with Gasteiger partial charge in [-0.3, -0.25) is 14.9 Å². The molecule has 1 rings (SSSR count). The number of hydrogen-bond donors (Lipinski definition) is 1. The van der Waals surface area contributed by atoms with E-state index in [-0.39, 0.29) is 17.8 Å². The van der Waals surface area contributed by atoms with Gasteiger partial charge in [0.05, 0.1) is 11.0 Å². The van der Waals surface area contributed by atoms with Crippen LogP contribution in [-0.4, -0.2) is 17.4 Å². The molecule has 0 radical (unpaired) electrons. The van der Waals surface area contributed by atoms with Crippen molar-refractivity contribution in [2.24, 2.45) is 0 Å². The van der Waals surface area contributed by atoms with Gasteiger partial charge in [0, 0.05) is 17.7 Å². The van der Waals surface area contributed by atoms with Crippen LogP contribution in [-0.2, 0) is 0 Å². The second-order valence-corrected chi connectivity index (χ2v) is 2.64. The quantitative estimate of drug-likeness (QED) is 0.449. The molecule has 0 saturated carbocycles. The Morgan fingerprint density at radius 1 is 1.47 bits per heavy atom. The Morgan fingerprint density at radius 3 is 2.53 bits per heavy atom. The number of nitriles is 1. The summed E-state index contributed by atoms with van der Waals surface area (Å²) < 4.78 is 0. The first-order chi connectivity index (χ1) is 7.15. The van der Waals surface area contributed by atoms with Crippen molar-refractivity contribution in [3.8, 4) is 6.07 Å². The molecule has 0 atom stereocenters.